The molecule has 3 heteroatoms. The second kappa shape index (κ2) is 8.25. The van der Waals surface area contributed by atoms with E-state index in [4.69, 9.17) is 0 Å². The Labute approximate surface area is 122 Å². The molecule has 2 rings (SSSR count). The average molecular weight is 278 g/mol. The number of hydrogen-bond donors (Lipinski definition) is 1. The fourth-order valence-corrected chi connectivity index (χ4v) is 2.50. The van der Waals surface area contributed by atoms with Gasteiger partial charge in [0, 0.05) is 24.8 Å². The van der Waals surface area contributed by atoms with Gasteiger partial charge in [-0.2, -0.15) is 0 Å². The molecule has 0 aromatic heterocycles. The largest absolute Gasteiger partial charge is 0.372 e. The highest BCUT2D eigenvalue weighted by molar-refractivity contribution is 5.45. The van der Waals surface area contributed by atoms with Crippen LogP contribution < -0.4 is 10.2 Å². The summed E-state index contributed by atoms with van der Waals surface area (Å²) in [5, 5.41) is 3.55. The molecule has 0 aliphatic heterocycles. The van der Waals surface area contributed by atoms with Crippen LogP contribution in [0.5, 0.6) is 0 Å². The zero-order valence-electron chi connectivity index (χ0n) is 12.6. The highest BCUT2D eigenvalue weighted by Crippen LogP contribution is 2.18. The van der Waals surface area contributed by atoms with Gasteiger partial charge in [-0.05, 0) is 63.4 Å². The van der Waals surface area contributed by atoms with Crippen molar-refractivity contribution in [3.63, 3.8) is 0 Å². The number of benzene rings is 1. The monoisotopic (exact) mass is 278 g/mol. The fourth-order valence-electron chi connectivity index (χ4n) is 2.50. The summed E-state index contributed by atoms with van der Waals surface area (Å²) in [4.78, 5) is 2.32. The van der Waals surface area contributed by atoms with Crippen LogP contribution in [0.25, 0.3) is 0 Å². The average Bonchev–Trinajstić information content (AvgIpc) is 3.27. The molecule has 1 aliphatic carbocycles. The summed E-state index contributed by atoms with van der Waals surface area (Å²) in [6.45, 7) is 5.39. The number of anilines is 1. The van der Waals surface area contributed by atoms with E-state index >= 15 is 0 Å². The van der Waals surface area contributed by atoms with Gasteiger partial charge in [0.2, 0.25) is 0 Å². The summed E-state index contributed by atoms with van der Waals surface area (Å²) >= 11 is 0. The molecule has 2 nitrogen and oxygen atoms in total. The minimum Gasteiger partial charge on any atom is -0.372 e. The number of hydrogen-bond acceptors (Lipinski definition) is 2. The van der Waals surface area contributed by atoms with Crippen molar-refractivity contribution in [2.75, 3.05) is 24.5 Å². The van der Waals surface area contributed by atoms with Crippen LogP contribution in [0.1, 0.15) is 45.4 Å². The smallest absolute Gasteiger partial charge is 0.123 e. The lowest BCUT2D eigenvalue weighted by molar-refractivity contribution is 0.581. The van der Waals surface area contributed by atoms with E-state index < -0.39 is 0 Å². The molecule has 1 fully saturated rings. The van der Waals surface area contributed by atoms with Crippen molar-refractivity contribution < 1.29 is 4.39 Å². The van der Waals surface area contributed by atoms with E-state index in [9.17, 15) is 4.39 Å². The SMILES string of the molecule is CCN(CCCCCCNC1CC1)c1ccc(F)cc1. The van der Waals surface area contributed by atoms with E-state index in [1.165, 1.54) is 45.1 Å². The molecule has 1 saturated carbocycles. The van der Waals surface area contributed by atoms with Crippen molar-refractivity contribution in [2.24, 2.45) is 0 Å². The molecule has 0 radical (unpaired) electrons. The standard InChI is InChI=1S/C17H27FN2/c1-2-20(17-11-7-15(18)8-12-17)14-6-4-3-5-13-19-16-9-10-16/h7-8,11-12,16,19H,2-6,9-10,13-14H2,1H3. The summed E-state index contributed by atoms with van der Waals surface area (Å²) in [6, 6.07) is 7.67. The summed E-state index contributed by atoms with van der Waals surface area (Å²) < 4.78 is 12.9. The van der Waals surface area contributed by atoms with Gasteiger partial charge in [-0.3, -0.25) is 0 Å². The minimum absolute atomic E-state index is 0.159. The van der Waals surface area contributed by atoms with Crippen molar-refractivity contribution in [3.05, 3.63) is 30.1 Å². The zero-order valence-corrected chi connectivity index (χ0v) is 12.6. The highest BCUT2D eigenvalue weighted by Gasteiger charge is 2.19. The third-order valence-corrected chi connectivity index (χ3v) is 3.94. The molecule has 112 valence electrons. The normalized spacial score (nSPS) is 14.5. The molecular formula is C17H27FN2. The summed E-state index contributed by atoms with van der Waals surface area (Å²) in [5.74, 6) is -0.159. The van der Waals surface area contributed by atoms with Crippen molar-refractivity contribution in [1.82, 2.24) is 5.32 Å². The lowest BCUT2D eigenvalue weighted by Gasteiger charge is -2.23. The van der Waals surface area contributed by atoms with Crippen LogP contribution in [0, 0.1) is 5.82 Å². The third kappa shape index (κ3) is 5.49. The number of halogens is 1. The summed E-state index contributed by atoms with van der Waals surface area (Å²) in [7, 11) is 0. The molecule has 1 aliphatic rings. The first kappa shape index (κ1) is 15.3. The lowest BCUT2D eigenvalue weighted by Crippen LogP contribution is -2.23. The summed E-state index contributed by atoms with van der Waals surface area (Å²) in [5.41, 5.74) is 1.13. The Balaban J connectivity index is 1.57. The Hall–Kier alpha value is -1.09. The molecule has 0 heterocycles. The number of unbranched alkanes of at least 4 members (excludes halogenated alkanes) is 3. The van der Waals surface area contributed by atoms with E-state index in [0.717, 1.165) is 24.8 Å². The van der Waals surface area contributed by atoms with Crippen molar-refractivity contribution in [2.45, 2.75) is 51.5 Å². The van der Waals surface area contributed by atoms with Gasteiger partial charge < -0.3 is 10.2 Å². The number of rotatable bonds is 10. The van der Waals surface area contributed by atoms with Crippen molar-refractivity contribution in [1.29, 1.82) is 0 Å². The summed E-state index contributed by atoms with van der Waals surface area (Å²) in [6.07, 6.45) is 7.85. The highest BCUT2D eigenvalue weighted by atomic mass is 19.1. The van der Waals surface area contributed by atoms with Crippen molar-refractivity contribution in [3.8, 4) is 0 Å². The molecule has 1 aromatic rings. The number of nitrogens with one attached hydrogen (secondary N) is 1. The maximum Gasteiger partial charge on any atom is 0.123 e. The van der Waals surface area contributed by atoms with Gasteiger partial charge in [-0.15, -0.1) is 0 Å². The van der Waals surface area contributed by atoms with Gasteiger partial charge in [-0.25, -0.2) is 4.39 Å². The van der Waals surface area contributed by atoms with Crippen LogP contribution in [0.2, 0.25) is 0 Å². The second-order valence-corrected chi connectivity index (χ2v) is 5.70. The predicted molar refractivity (Wildman–Crippen MR) is 83.8 cm³/mol. The van der Waals surface area contributed by atoms with Crippen LogP contribution >= 0.6 is 0 Å². The van der Waals surface area contributed by atoms with Gasteiger partial charge in [0.1, 0.15) is 5.82 Å². The van der Waals surface area contributed by atoms with Crippen LogP contribution in [-0.4, -0.2) is 25.7 Å². The van der Waals surface area contributed by atoms with Gasteiger partial charge in [0.05, 0.1) is 0 Å². The molecule has 0 spiro atoms. The van der Waals surface area contributed by atoms with E-state index in [2.05, 4.69) is 17.1 Å². The van der Waals surface area contributed by atoms with Gasteiger partial charge in [0.25, 0.3) is 0 Å². The Morgan fingerprint density at radius 2 is 1.80 bits per heavy atom. The molecular weight excluding hydrogens is 251 g/mol. The van der Waals surface area contributed by atoms with Crippen LogP contribution in [-0.2, 0) is 0 Å². The molecule has 0 bridgehead atoms. The van der Waals surface area contributed by atoms with Gasteiger partial charge >= 0.3 is 0 Å². The molecule has 0 unspecified atom stereocenters. The minimum atomic E-state index is -0.159. The lowest BCUT2D eigenvalue weighted by atomic mass is 10.1. The molecule has 0 atom stereocenters. The quantitative estimate of drug-likeness (QED) is 0.652. The molecule has 1 aromatic carbocycles. The Morgan fingerprint density at radius 3 is 2.45 bits per heavy atom. The first-order chi connectivity index (χ1) is 9.79. The first-order valence-electron chi connectivity index (χ1n) is 8.03. The maximum atomic E-state index is 12.9. The predicted octanol–water partition coefficient (Wildman–Crippen LogP) is 3.96. The van der Waals surface area contributed by atoms with E-state index in [0.29, 0.717) is 0 Å². The van der Waals surface area contributed by atoms with Crippen LogP contribution in [0.3, 0.4) is 0 Å². The Bertz CT molecular complexity index is 373. The fraction of sp³-hybridized carbons (Fsp3) is 0.647. The molecule has 0 saturated heterocycles. The van der Waals surface area contributed by atoms with Crippen molar-refractivity contribution >= 4 is 5.69 Å². The third-order valence-electron chi connectivity index (χ3n) is 3.94. The van der Waals surface area contributed by atoms with Crippen LogP contribution in [0.15, 0.2) is 24.3 Å². The number of nitrogens with zero attached hydrogens (tertiary/aromatic N) is 1. The topological polar surface area (TPSA) is 15.3 Å². The zero-order chi connectivity index (χ0) is 14.2. The first-order valence-corrected chi connectivity index (χ1v) is 8.03. The van der Waals surface area contributed by atoms with E-state index in [1.807, 2.05) is 12.1 Å². The molecule has 1 N–H and O–H groups in total. The van der Waals surface area contributed by atoms with Gasteiger partial charge in [-0.1, -0.05) is 12.8 Å². The maximum absolute atomic E-state index is 12.9. The second-order valence-electron chi connectivity index (χ2n) is 5.70. The van der Waals surface area contributed by atoms with E-state index in [-0.39, 0.29) is 5.82 Å². The van der Waals surface area contributed by atoms with Crippen LogP contribution in [0.4, 0.5) is 10.1 Å². The van der Waals surface area contributed by atoms with Gasteiger partial charge in [0.15, 0.2) is 0 Å². The molecule has 20 heavy (non-hydrogen) atoms. The Morgan fingerprint density at radius 1 is 1.10 bits per heavy atom. The molecule has 0 amide bonds. The van der Waals surface area contributed by atoms with E-state index in [1.54, 1.807) is 12.1 Å². The Kier molecular flexibility index (Phi) is 6.31.